The second-order valence-corrected chi connectivity index (χ2v) is 4.27. The van der Waals surface area contributed by atoms with Crippen LogP contribution in [0.2, 0.25) is 5.02 Å². The fraction of sp³-hybridized carbons (Fsp3) is 0.462. The first kappa shape index (κ1) is 12.9. The highest BCUT2D eigenvalue weighted by Crippen LogP contribution is 2.17. The van der Waals surface area contributed by atoms with Gasteiger partial charge in [0.2, 0.25) is 0 Å². The molecule has 0 bridgehead atoms. The van der Waals surface area contributed by atoms with E-state index in [0.717, 1.165) is 18.5 Å². The summed E-state index contributed by atoms with van der Waals surface area (Å²) in [5.41, 5.74) is 0.913. The Kier molecular flexibility index (Phi) is 5.74. The van der Waals surface area contributed by atoms with E-state index in [9.17, 15) is 0 Å². The third-order valence-corrected chi connectivity index (χ3v) is 2.65. The normalized spacial score (nSPS) is 11.8. The van der Waals surface area contributed by atoms with E-state index in [4.69, 9.17) is 16.9 Å². The molecule has 3 heteroatoms. The van der Waals surface area contributed by atoms with Gasteiger partial charge in [-0.1, -0.05) is 43.9 Å². The molecule has 0 aromatic heterocycles. The van der Waals surface area contributed by atoms with Crippen molar-refractivity contribution in [1.29, 1.82) is 5.26 Å². The van der Waals surface area contributed by atoms with Gasteiger partial charge in [-0.3, -0.25) is 0 Å². The number of halogens is 1. The van der Waals surface area contributed by atoms with Crippen LogP contribution in [0.1, 0.15) is 32.6 Å². The molecule has 1 aromatic rings. The number of unbranched alkanes of at least 4 members (excludes halogenated alkanes) is 2. The summed E-state index contributed by atoms with van der Waals surface area (Å²) in [7, 11) is 0. The van der Waals surface area contributed by atoms with Crippen molar-refractivity contribution >= 4 is 17.3 Å². The number of nitrogens with one attached hydrogen (secondary N) is 1. The zero-order valence-electron chi connectivity index (χ0n) is 9.54. The van der Waals surface area contributed by atoms with E-state index in [1.54, 1.807) is 0 Å². The van der Waals surface area contributed by atoms with Gasteiger partial charge in [0.25, 0.3) is 0 Å². The van der Waals surface area contributed by atoms with Gasteiger partial charge in [-0.25, -0.2) is 0 Å². The summed E-state index contributed by atoms with van der Waals surface area (Å²) in [5.74, 6) is 0. The van der Waals surface area contributed by atoms with Crippen molar-refractivity contribution in [1.82, 2.24) is 0 Å². The number of hydrogen-bond acceptors (Lipinski definition) is 2. The Labute approximate surface area is 102 Å². The van der Waals surface area contributed by atoms with Crippen LogP contribution in [0.15, 0.2) is 24.3 Å². The lowest BCUT2D eigenvalue weighted by Gasteiger charge is -2.12. The summed E-state index contributed by atoms with van der Waals surface area (Å²) in [5, 5.41) is 12.9. The summed E-state index contributed by atoms with van der Waals surface area (Å²) < 4.78 is 0. The zero-order chi connectivity index (χ0) is 11.8. The van der Waals surface area contributed by atoms with Crippen LogP contribution in [0.3, 0.4) is 0 Å². The van der Waals surface area contributed by atoms with Gasteiger partial charge in [0.1, 0.15) is 6.04 Å². The minimum absolute atomic E-state index is 0.120. The molecule has 0 radical (unpaired) electrons. The molecule has 16 heavy (non-hydrogen) atoms. The maximum atomic E-state index is 9.01. The summed E-state index contributed by atoms with van der Waals surface area (Å²) >= 11 is 5.88. The first-order chi connectivity index (χ1) is 7.76. The van der Waals surface area contributed by atoms with Gasteiger partial charge in [-0.15, -0.1) is 0 Å². The van der Waals surface area contributed by atoms with E-state index in [2.05, 4.69) is 18.3 Å². The lowest BCUT2D eigenvalue weighted by atomic mass is 10.1. The number of benzene rings is 1. The largest absolute Gasteiger partial charge is 0.370 e. The zero-order valence-corrected chi connectivity index (χ0v) is 10.3. The molecule has 1 aromatic carbocycles. The van der Waals surface area contributed by atoms with Crippen molar-refractivity contribution in [2.24, 2.45) is 0 Å². The Morgan fingerprint density at radius 1 is 1.44 bits per heavy atom. The van der Waals surface area contributed by atoms with Crippen LogP contribution in [-0.4, -0.2) is 6.04 Å². The minimum Gasteiger partial charge on any atom is -0.370 e. The SMILES string of the molecule is CCCCCC(C#N)Nc1cccc(Cl)c1. The van der Waals surface area contributed by atoms with Crippen LogP contribution in [-0.2, 0) is 0 Å². The second kappa shape index (κ2) is 7.14. The number of nitrogens with zero attached hydrogens (tertiary/aromatic N) is 1. The molecule has 1 rings (SSSR count). The monoisotopic (exact) mass is 236 g/mol. The Morgan fingerprint density at radius 2 is 2.25 bits per heavy atom. The summed E-state index contributed by atoms with van der Waals surface area (Å²) in [6.07, 6.45) is 4.32. The summed E-state index contributed by atoms with van der Waals surface area (Å²) in [4.78, 5) is 0. The Balaban J connectivity index is 2.47. The third kappa shape index (κ3) is 4.55. The molecule has 1 N–H and O–H groups in total. The average Bonchev–Trinajstić information content (AvgIpc) is 2.28. The quantitative estimate of drug-likeness (QED) is 0.751. The molecular formula is C13H17ClN2. The lowest BCUT2D eigenvalue weighted by molar-refractivity contribution is 0.646. The van der Waals surface area contributed by atoms with E-state index in [1.807, 2.05) is 24.3 Å². The van der Waals surface area contributed by atoms with Crippen LogP contribution >= 0.6 is 11.6 Å². The Bertz CT molecular complexity index is 357. The van der Waals surface area contributed by atoms with E-state index in [-0.39, 0.29) is 6.04 Å². The topological polar surface area (TPSA) is 35.8 Å². The molecule has 0 heterocycles. The van der Waals surface area contributed by atoms with Gasteiger partial charge >= 0.3 is 0 Å². The fourth-order valence-corrected chi connectivity index (χ4v) is 1.74. The number of hydrogen-bond donors (Lipinski definition) is 1. The number of rotatable bonds is 6. The highest BCUT2D eigenvalue weighted by Gasteiger charge is 2.06. The van der Waals surface area contributed by atoms with Gasteiger partial charge in [-0.2, -0.15) is 5.26 Å². The van der Waals surface area contributed by atoms with E-state index >= 15 is 0 Å². The molecule has 0 saturated heterocycles. The van der Waals surface area contributed by atoms with Crippen molar-refractivity contribution in [2.75, 3.05) is 5.32 Å². The fourth-order valence-electron chi connectivity index (χ4n) is 1.55. The maximum Gasteiger partial charge on any atom is 0.114 e. The molecule has 0 amide bonds. The van der Waals surface area contributed by atoms with E-state index in [0.29, 0.717) is 5.02 Å². The molecule has 1 atom stereocenters. The highest BCUT2D eigenvalue weighted by molar-refractivity contribution is 6.30. The molecule has 0 fully saturated rings. The number of anilines is 1. The van der Waals surface area contributed by atoms with Crippen molar-refractivity contribution in [2.45, 2.75) is 38.6 Å². The third-order valence-electron chi connectivity index (χ3n) is 2.42. The Morgan fingerprint density at radius 3 is 2.88 bits per heavy atom. The van der Waals surface area contributed by atoms with Gasteiger partial charge in [0.05, 0.1) is 6.07 Å². The molecule has 0 aliphatic heterocycles. The van der Waals surface area contributed by atoms with Crippen molar-refractivity contribution in [3.05, 3.63) is 29.3 Å². The van der Waals surface area contributed by atoms with Crippen molar-refractivity contribution < 1.29 is 0 Å². The van der Waals surface area contributed by atoms with E-state index < -0.39 is 0 Å². The molecule has 0 saturated carbocycles. The molecular weight excluding hydrogens is 220 g/mol. The smallest absolute Gasteiger partial charge is 0.114 e. The first-order valence-corrected chi connectivity index (χ1v) is 6.05. The maximum absolute atomic E-state index is 9.01. The van der Waals surface area contributed by atoms with E-state index in [1.165, 1.54) is 12.8 Å². The van der Waals surface area contributed by atoms with Gasteiger partial charge in [0.15, 0.2) is 0 Å². The molecule has 2 nitrogen and oxygen atoms in total. The second-order valence-electron chi connectivity index (χ2n) is 3.83. The minimum atomic E-state index is -0.120. The molecule has 86 valence electrons. The predicted octanol–water partition coefficient (Wildman–Crippen LogP) is 4.22. The predicted molar refractivity (Wildman–Crippen MR) is 68.6 cm³/mol. The Hall–Kier alpha value is -1.20. The lowest BCUT2D eigenvalue weighted by Crippen LogP contribution is -2.16. The molecule has 0 aliphatic rings. The van der Waals surface area contributed by atoms with Crippen molar-refractivity contribution in [3.8, 4) is 6.07 Å². The van der Waals surface area contributed by atoms with Gasteiger partial charge < -0.3 is 5.32 Å². The molecule has 0 spiro atoms. The van der Waals surface area contributed by atoms with Crippen LogP contribution in [0.25, 0.3) is 0 Å². The first-order valence-electron chi connectivity index (χ1n) is 5.68. The van der Waals surface area contributed by atoms with Crippen LogP contribution < -0.4 is 5.32 Å². The molecule has 0 aliphatic carbocycles. The summed E-state index contributed by atoms with van der Waals surface area (Å²) in [6, 6.07) is 9.62. The summed E-state index contributed by atoms with van der Waals surface area (Å²) in [6.45, 7) is 2.16. The van der Waals surface area contributed by atoms with Gasteiger partial charge in [0, 0.05) is 10.7 Å². The highest BCUT2D eigenvalue weighted by atomic mass is 35.5. The van der Waals surface area contributed by atoms with Gasteiger partial charge in [-0.05, 0) is 24.6 Å². The van der Waals surface area contributed by atoms with Crippen LogP contribution in [0.4, 0.5) is 5.69 Å². The van der Waals surface area contributed by atoms with Crippen LogP contribution in [0, 0.1) is 11.3 Å². The van der Waals surface area contributed by atoms with Crippen molar-refractivity contribution in [3.63, 3.8) is 0 Å². The standard InChI is InChI=1S/C13H17ClN2/c1-2-3-4-7-13(10-15)16-12-8-5-6-11(14)9-12/h5-6,8-9,13,16H,2-4,7H2,1H3. The number of nitriles is 1. The van der Waals surface area contributed by atoms with Crippen LogP contribution in [0.5, 0.6) is 0 Å². The average molecular weight is 237 g/mol. The molecule has 1 unspecified atom stereocenters.